The smallest absolute Gasteiger partial charge is 0.410 e. The first kappa shape index (κ1) is 18.5. The first-order valence-electron chi connectivity index (χ1n) is 7.90. The molecule has 1 fully saturated rings. The largest absolute Gasteiger partial charge is 0.444 e. The molecule has 0 aliphatic carbocycles. The molecule has 21 heavy (non-hydrogen) atoms. The molecule has 2 atom stereocenters. The van der Waals surface area contributed by atoms with E-state index in [1.807, 2.05) is 25.7 Å². The zero-order valence-corrected chi connectivity index (χ0v) is 16.2. The molecule has 0 spiro atoms. The van der Waals surface area contributed by atoms with Crippen LogP contribution >= 0.6 is 0 Å². The fraction of sp³-hybridized carbons (Fsp3) is 0.938. The van der Waals surface area contributed by atoms with Crippen molar-refractivity contribution in [1.29, 1.82) is 0 Å². The highest BCUT2D eigenvalue weighted by molar-refractivity contribution is 6.74. The van der Waals surface area contributed by atoms with Crippen LogP contribution in [-0.4, -0.2) is 43.6 Å². The van der Waals surface area contributed by atoms with Crippen molar-refractivity contribution < 1.29 is 14.0 Å². The van der Waals surface area contributed by atoms with Crippen molar-refractivity contribution in [2.75, 3.05) is 6.54 Å². The lowest BCUT2D eigenvalue weighted by Gasteiger charge is -2.38. The van der Waals surface area contributed by atoms with Crippen molar-refractivity contribution in [1.82, 2.24) is 4.90 Å². The standard InChI is InChI=1S/C16H33NO3Si/c1-12-10-13(20-21(8,9)16(5,6)7)11-17(12)14(18)19-15(2,3)4/h12-13H,10-11H2,1-9H3/t12-,13?/m1/s1. The number of carbonyl (C=O) groups is 1. The maximum Gasteiger partial charge on any atom is 0.410 e. The van der Waals surface area contributed by atoms with Crippen LogP contribution in [0.15, 0.2) is 0 Å². The van der Waals surface area contributed by atoms with Crippen LogP contribution in [0.3, 0.4) is 0 Å². The van der Waals surface area contributed by atoms with Crippen molar-refractivity contribution in [3.8, 4) is 0 Å². The summed E-state index contributed by atoms with van der Waals surface area (Å²) in [7, 11) is -1.79. The molecule has 1 aliphatic rings. The lowest BCUT2D eigenvalue weighted by atomic mass is 10.2. The predicted molar refractivity (Wildman–Crippen MR) is 89.1 cm³/mol. The van der Waals surface area contributed by atoms with Crippen molar-refractivity contribution in [2.24, 2.45) is 0 Å². The molecule has 1 unspecified atom stereocenters. The van der Waals surface area contributed by atoms with E-state index in [9.17, 15) is 4.79 Å². The third kappa shape index (κ3) is 4.99. The van der Waals surface area contributed by atoms with Crippen molar-refractivity contribution in [3.05, 3.63) is 0 Å². The van der Waals surface area contributed by atoms with E-state index >= 15 is 0 Å². The normalized spacial score (nSPS) is 24.3. The fourth-order valence-corrected chi connectivity index (χ4v) is 3.59. The third-order valence-electron chi connectivity index (χ3n) is 4.43. The molecule has 1 rings (SSSR count). The maximum absolute atomic E-state index is 12.2. The number of nitrogens with zero attached hydrogens (tertiary/aromatic N) is 1. The zero-order chi connectivity index (χ0) is 16.6. The minimum absolute atomic E-state index is 0.133. The lowest BCUT2D eigenvalue weighted by Crippen LogP contribution is -2.45. The van der Waals surface area contributed by atoms with Gasteiger partial charge in [0, 0.05) is 12.6 Å². The van der Waals surface area contributed by atoms with Gasteiger partial charge in [-0.1, -0.05) is 20.8 Å². The van der Waals surface area contributed by atoms with E-state index in [1.165, 1.54) is 0 Å². The molecule has 0 bridgehead atoms. The number of carbonyl (C=O) groups excluding carboxylic acids is 1. The van der Waals surface area contributed by atoms with Gasteiger partial charge < -0.3 is 14.1 Å². The van der Waals surface area contributed by atoms with Crippen LogP contribution in [0, 0.1) is 0 Å². The lowest BCUT2D eigenvalue weighted by molar-refractivity contribution is 0.0222. The third-order valence-corrected chi connectivity index (χ3v) is 8.97. The average molecular weight is 316 g/mol. The van der Waals surface area contributed by atoms with Crippen molar-refractivity contribution in [3.63, 3.8) is 0 Å². The molecule has 1 saturated heterocycles. The van der Waals surface area contributed by atoms with Crippen LogP contribution in [-0.2, 0) is 9.16 Å². The SMILES string of the molecule is C[C@@H]1CC(O[Si](C)(C)C(C)(C)C)CN1C(=O)OC(C)(C)C. The van der Waals surface area contributed by atoms with Gasteiger partial charge in [0.05, 0.1) is 6.10 Å². The first-order chi connectivity index (χ1) is 9.23. The summed E-state index contributed by atoms with van der Waals surface area (Å²) < 4.78 is 11.9. The fourth-order valence-electron chi connectivity index (χ4n) is 2.24. The summed E-state index contributed by atoms with van der Waals surface area (Å²) in [5.41, 5.74) is -0.449. The summed E-state index contributed by atoms with van der Waals surface area (Å²) in [5, 5.41) is 0.190. The number of hydrogen-bond donors (Lipinski definition) is 0. The Bertz CT molecular complexity index is 382. The van der Waals surface area contributed by atoms with Crippen LogP contribution in [0.4, 0.5) is 4.79 Å². The number of likely N-dealkylation sites (tertiary alicyclic amines) is 1. The molecule has 4 nitrogen and oxygen atoms in total. The van der Waals surface area contributed by atoms with Crippen LogP contribution < -0.4 is 0 Å². The van der Waals surface area contributed by atoms with Gasteiger partial charge in [-0.15, -0.1) is 0 Å². The molecule has 1 aliphatic heterocycles. The monoisotopic (exact) mass is 315 g/mol. The van der Waals surface area contributed by atoms with Gasteiger partial charge in [-0.05, 0) is 52.2 Å². The number of hydrogen-bond acceptors (Lipinski definition) is 3. The van der Waals surface area contributed by atoms with Crippen molar-refractivity contribution in [2.45, 2.75) is 90.8 Å². The zero-order valence-electron chi connectivity index (χ0n) is 15.2. The molecule has 1 heterocycles. The molecular weight excluding hydrogens is 282 g/mol. The summed E-state index contributed by atoms with van der Waals surface area (Å²) >= 11 is 0. The molecule has 1 amide bonds. The molecular formula is C16H33NO3Si. The van der Waals surface area contributed by atoms with Gasteiger partial charge in [0.1, 0.15) is 5.60 Å². The Kier molecular flexibility index (Phi) is 5.21. The Labute approximate surface area is 131 Å². The van der Waals surface area contributed by atoms with Crippen LogP contribution in [0.2, 0.25) is 18.1 Å². The second kappa shape index (κ2) is 5.92. The van der Waals surface area contributed by atoms with Gasteiger partial charge in [-0.25, -0.2) is 4.79 Å². The van der Waals surface area contributed by atoms with E-state index in [0.29, 0.717) is 6.54 Å². The predicted octanol–water partition coefficient (Wildman–Crippen LogP) is 4.41. The Balaban J connectivity index is 2.67. The van der Waals surface area contributed by atoms with Crippen LogP contribution in [0.5, 0.6) is 0 Å². The van der Waals surface area contributed by atoms with E-state index < -0.39 is 13.9 Å². The van der Waals surface area contributed by atoms with Crippen LogP contribution in [0.1, 0.15) is 54.9 Å². The van der Waals surface area contributed by atoms with E-state index in [0.717, 1.165) is 6.42 Å². The van der Waals surface area contributed by atoms with E-state index in [2.05, 4.69) is 40.8 Å². The Hall–Kier alpha value is -0.553. The van der Waals surface area contributed by atoms with Gasteiger partial charge in [0.15, 0.2) is 8.32 Å². The summed E-state index contributed by atoms with van der Waals surface area (Å²) in [5.74, 6) is 0. The summed E-state index contributed by atoms with van der Waals surface area (Å²) in [6.07, 6.45) is 0.802. The summed E-state index contributed by atoms with van der Waals surface area (Å²) in [6, 6.07) is 0.176. The molecule has 124 valence electrons. The minimum Gasteiger partial charge on any atom is -0.444 e. The second-order valence-electron chi connectivity index (χ2n) is 8.72. The molecule has 0 N–H and O–H groups in total. The second-order valence-corrected chi connectivity index (χ2v) is 13.5. The van der Waals surface area contributed by atoms with Gasteiger partial charge in [-0.3, -0.25) is 0 Å². The highest BCUT2D eigenvalue weighted by Crippen LogP contribution is 2.39. The highest BCUT2D eigenvalue weighted by Gasteiger charge is 2.43. The highest BCUT2D eigenvalue weighted by atomic mass is 28.4. The maximum atomic E-state index is 12.2. The van der Waals surface area contributed by atoms with Crippen molar-refractivity contribution >= 4 is 14.4 Å². The van der Waals surface area contributed by atoms with Gasteiger partial charge in [-0.2, -0.15) is 0 Å². The first-order valence-corrected chi connectivity index (χ1v) is 10.8. The number of rotatable bonds is 2. The molecule has 0 radical (unpaired) electrons. The van der Waals surface area contributed by atoms with E-state index in [-0.39, 0.29) is 23.3 Å². The minimum atomic E-state index is -1.79. The van der Waals surface area contributed by atoms with Gasteiger partial charge in [0.25, 0.3) is 0 Å². The molecule has 5 heteroatoms. The van der Waals surface area contributed by atoms with E-state index in [4.69, 9.17) is 9.16 Å². The average Bonchev–Trinajstić information content (AvgIpc) is 2.54. The topological polar surface area (TPSA) is 38.8 Å². The summed E-state index contributed by atoms with van der Waals surface area (Å²) in [6.45, 7) is 19.6. The molecule has 0 saturated carbocycles. The number of amides is 1. The molecule has 0 aromatic heterocycles. The quantitative estimate of drug-likeness (QED) is 0.709. The Morgan fingerprint density at radius 1 is 1.14 bits per heavy atom. The van der Waals surface area contributed by atoms with Gasteiger partial charge in [0.2, 0.25) is 0 Å². The number of ether oxygens (including phenoxy) is 1. The Morgan fingerprint density at radius 2 is 1.67 bits per heavy atom. The van der Waals surface area contributed by atoms with E-state index in [1.54, 1.807) is 0 Å². The molecule has 0 aromatic rings. The summed E-state index contributed by atoms with van der Waals surface area (Å²) in [4.78, 5) is 14.0. The van der Waals surface area contributed by atoms with Gasteiger partial charge >= 0.3 is 6.09 Å². The Morgan fingerprint density at radius 3 is 2.10 bits per heavy atom. The van der Waals surface area contributed by atoms with Crippen LogP contribution in [0.25, 0.3) is 0 Å². The molecule has 0 aromatic carbocycles.